The van der Waals surface area contributed by atoms with Crippen LogP contribution in [0, 0.1) is 5.92 Å². The van der Waals surface area contributed by atoms with Gasteiger partial charge < -0.3 is 14.8 Å². The van der Waals surface area contributed by atoms with Crippen molar-refractivity contribution in [1.29, 1.82) is 0 Å². The Hall–Kier alpha value is -0.120. The normalized spacial score (nSPS) is 30.4. The van der Waals surface area contributed by atoms with Crippen molar-refractivity contribution in [2.24, 2.45) is 5.92 Å². The quantitative estimate of drug-likeness (QED) is 0.801. The van der Waals surface area contributed by atoms with E-state index in [1.54, 1.807) is 0 Å². The Labute approximate surface area is 123 Å². The molecular formula is C17H31NO2. The van der Waals surface area contributed by atoms with Crippen LogP contribution in [0.15, 0.2) is 0 Å². The minimum Gasteiger partial charge on any atom is -0.348 e. The fraction of sp³-hybridized carbons (Fsp3) is 1.00. The zero-order chi connectivity index (χ0) is 13.8. The van der Waals surface area contributed by atoms with E-state index in [0.717, 1.165) is 32.0 Å². The van der Waals surface area contributed by atoms with Crippen molar-refractivity contribution in [3.05, 3.63) is 0 Å². The second-order valence-electron chi connectivity index (χ2n) is 7.09. The number of hydrogen-bond acceptors (Lipinski definition) is 3. The van der Waals surface area contributed by atoms with E-state index in [9.17, 15) is 0 Å². The smallest absolute Gasteiger partial charge is 0.168 e. The molecule has 1 heterocycles. The van der Waals surface area contributed by atoms with Crippen molar-refractivity contribution >= 4 is 0 Å². The van der Waals surface area contributed by atoms with Gasteiger partial charge in [0.25, 0.3) is 0 Å². The molecule has 1 atom stereocenters. The first-order chi connectivity index (χ1) is 9.77. The molecule has 3 heteroatoms. The fourth-order valence-electron chi connectivity index (χ4n) is 4.33. The van der Waals surface area contributed by atoms with E-state index in [4.69, 9.17) is 9.47 Å². The third kappa shape index (κ3) is 3.55. The van der Waals surface area contributed by atoms with Gasteiger partial charge in [-0.25, -0.2) is 0 Å². The van der Waals surface area contributed by atoms with Crippen molar-refractivity contribution in [1.82, 2.24) is 5.32 Å². The standard InChI is InChI=1S/C17H31NO2/c1-14(15-6-4-2-3-5-7-15)18-16-8-10-17(11-9-16)19-12-13-20-17/h14-16,18H,2-13H2,1H3/t14-/m1/s1. The molecule has 2 saturated carbocycles. The van der Waals surface area contributed by atoms with Crippen LogP contribution in [-0.4, -0.2) is 31.1 Å². The van der Waals surface area contributed by atoms with Crippen LogP contribution in [0.25, 0.3) is 0 Å². The summed E-state index contributed by atoms with van der Waals surface area (Å²) in [6.07, 6.45) is 13.2. The fourth-order valence-corrected chi connectivity index (χ4v) is 4.33. The van der Waals surface area contributed by atoms with E-state index in [0.29, 0.717) is 12.1 Å². The molecule has 0 amide bonds. The van der Waals surface area contributed by atoms with Crippen LogP contribution >= 0.6 is 0 Å². The molecule has 1 saturated heterocycles. The number of rotatable bonds is 3. The molecule has 0 aromatic carbocycles. The zero-order valence-electron chi connectivity index (χ0n) is 13.0. The highest BCUT2D eigenvalue weighted by Crippen LogP contribution is 2.36. The summed E-state index contributed by atoms with van der Waals surface area (Å²) in [5.74, 6) is 0.691. The molecule has 3 rings (SSSR count). The largest absolute Gasteiger partial charge is 0.348 e. The van der Waals surface area contributed by atoms with Gasteiger partial charge in [0.15, 0.2) is 5.79 Å². The predicted octanol–water partition coefficient (Wildman–Crippen LogP) is 3.62. The summed E-state index contributed by atoms with van der Waals surface area (Å²) in [5, 5.41) is 3.91. The predicted molar refractivity (Wildman–Crippen MR) is 80.7 cm³/mol. The molecule has 20 heavy (non-hydrogen) atoms. The second kappa shape index (κ2) is 6.76. The SMILES string of the molecule is C[C@@H](NC1CCC2(CC1)OCCO2)C1CCCCCC1. The van der Waals surface area contributed by atoms with E-state index in [-0.39, 0.29) is 5.79 Å². The monoisotopic (exact) mass is 281 g/mol. The second-order valence-corrected chi connectivity index (χ2v) is 7.09. The van der Waals surface area contributed by atoms with Crippen molar-refractivity contribution in [2.75, 3.05) is 13.2 Å². The molecule has 1 N–H and O–H groups in total. The summed E-state index contributed by atoms with van der Waals surface area (Å²) >= 11 is 0. The lowest BCUT2D eigenvalue weighted by atomic mass is 9.87. The molecule has 0 unspecified atom stereocenters. The van der Waals surface area contributed by atoms with Crippen molar-refractivity contribution in [2.45, 2.75) is 89.0 Å². The van der Waals surface area contributed by atoms with E-state index < -0.39 is 0 Å². The van der Waals surface area contributed by atoms with Crippen LogP contribution in [0.4, 0.5) is 0 Å². The molecule has 3 aliphatic rings. The van der Waals surface area contributed by atoms with Gasteiger partial charge in [0.2, 0.25) is 0 Å². The van der Waals surface area contributed by atoms with Crippen LogP contribution in [0.5, 0.6) is 0 Å². The van der Waals surface area contributed by atoms with Gasteiger partial charge in [-0.15, -0.1) is 0 Å². The molecule has 0 radical (unpaired) electrons. The molecule has 1 spiro atoms. The summed E-state index contributed by atoms with van der Waals surface area (Å²) in [4.78, 5) is 0. The van der Waals surface area contributed by atoms with Crippen LogP contribution in [0.3, 0.4) is 0 Å². The molecule has 3 fully saturated rings. The average molecular weight is 281 g/mol. The maximum absolute atomic E-state index is 5.82. The summed E-state index contributed by atoms with van der Waals surface area (Å²) in [5.41, 5.74) is 0. The maximum atomic E-state index is 5.82. The lowest BCUT2D eigenvalue weighted by Crippen LogP contribution is -2.46. The zero-order valence-corrected chi connectivity index (χ0v) is 13.0. The van der Waals surface area contributed by atoms with Gasteiger partial charge in [-0.1, -0.05) is 25.7 Å². The highest BCUT2D eigenvalue weighted by atomic mass is 16.7. The Morgan fingerprint density at radius 1 is 0.900 bits per heavy atom. The third-order valence-corrected chi connectivity index (χ3v) is 5.67. The van der Waals surface area contributed by atoms with Gasteiger partial charge >= 0.3 is 0 Å². The molecule has 1 aliphatic heterocycles. The van der Waals surface area contributed by atoms with Gasteiger partial charge in [-0.05, 0) is 38.5 Å². The molecule has 116 valence electrons. The van der Waals surface area contributed by atoms with Crippen LogP contribution in [0.1, 0.15) is 71.1 Å². The van der Waals surface area contributed by atoms with Crippen molar-refractivity contribution < 1.29 is 9.47 Å². The molecule has 0 aromatic heterocycles. The molecular weight excluding hydrogens is 250 g/mol. The molecule has 3 nitrogen and oxygen atoms in total. The lowest BCUT2D eigenvalue weighted by molar-refractivity contribution is -0.179. The number of ether oxygens (including phenoxy) is 2. The number of nitrogens with one attached hydrogen (secondary N) is 1. The minimum atomic E-state index is -0.205. The Bertz CT molecular complexity index is 283. The summed E-state index contributed by atoms with van der Waals surface area (Å²) in [7, 11) is 0. The highest BCUT2D eigenvalue weighted by Gasteiger charge is 2.40. The van der Waals surface area contributed by atoms with Crippen molar-refractivity contribution in [3.63, 3.8) is 0 Å². The van der Waals surface area contributed by atoms with Crippen LogP contribution in [-0.2, 0) is 9.47 Å². The first-order valence-electron chi connectivity index (χ1n) is 8.81. The molecule has 0 bridgehead atoms. The van der Waals surface area contributed by atoms with E-state index in [1.165, 1.54) is 51.4 Å². The van der Waals surface area contributed by atoms with Gasteiger partial charge in [0.05, 0.1) is 13.2 Å². The maximum Gasteiger partial charge on any atom is 0.168 e. The van der Waals surface area contributed by atoms with Gasteiger partial charge in [-0.3, -0.25) is 0 Å². The van der Waals surface area contributed by atoms with Crippen LogP contribution in [0.2, 0.25) is 0 Å². The average Bonchev–Trinajstić information content (AvgIpc) is 2.75. The van der Waals surface area contributed by atoms with Gasteiger partial charge in [-0.2, -0.15) is 0 Å². The first kappa shape index (κ1) is 14.8. The summed E-state index contributed by atoms with van der Waals surface area (Å²) in [6, 6.07) is 1.35. The van der Waals surface area contributed by atoms with E-state index in [1.807, 2.05) is 0 Å². The van der Waals surface area contributed by atoms with E-state index in [2.05, 4.69) is 12.2 Å². The highest BCUT2D eigenvalue weighted by molar-refractivity contribution is 4.87. The lowest BCUT2D eigenvalue weighted by Gasteiger charge is -2.38. The Kier molecular flexibility index (Phi) is 5.00. The summed E-state index contributed by atoms with van der Waals surface area (Å²) in [6.45, 7) is 3.98. The topological polar surface area (TPSA) is 30.5 Å². The molecule has 0 aromatic rings. The summed E-state index contributed by atoms with van der Waals surface area (Å²) < 4.78 is 11.6. The Morgan fingerprint density at radius 2 is 1.50 bits per heavy atom. The van der Waals surface area contributed by atoms with E-state index >= 15 is 0 Å². The Balaban J connectivity index is 1.44. The minimum absolute atomic E-state index is 0.205. The number of hydrogen-bond donors (Lipinski definition) is 1. The van der Waals surface area contributed by atoms with Crippen LogP contribution < -0.4 is 5.32 Å². The Morgan fingerprint density at radius 3 is 2.10 bits per heavy atom. The van der Waals surface area contributed by atoms with Crippen molar-refractivity contribution in [3.8, 4) is 0 Å². The first-order valence-corrected chi connectivity index (χ1v) is 8.81. The molecule has 2 aliphatic carbocycles. The van der Waals surface area contributed by atoms with Gasteiger partial charge in [0.1, 0.15) is 0 Å². The third-order valence-electron chi connectivity index (χ3n) is 5.67. The van der Waals surface area contributed by atoms with Gasteiger partial charge in [0, 0.05) is 24.9 Å².